The Labute approximate surface area is 109 Å². The zero-order chi connectivity index (χ0) is 12.7. The predicted octanol–water partition coefficient (Wildman–Crippen LogP) is 3.63. The molecule has 0 saturated carbocycles. The first-order chi connectivity index (χ1) is 8.11. The molecule has 2 nitrogen and oxygen atoms in total. The Morgan fingerprint density at radius 3 is 2.76 bits per heavy atom. The minimum Gasteiger partial charge on any atom is -0.373 e. The molecule has 2 unspecified atom stereocenters. The van der Waals surface area contributed by atoms with Gasteiger partial charge in [0.2, 0.25) is 0 Å². The first kappa shape index (κ1) is 14.5. The van der Waals surface area contributed by atoms with Crippen LogP contribution in [0.3, 0.4) is 0 Å². The van der Waals surface area contributed by atoms with E-state index >= 15 is 0 Å². The first-order valence-electron chi connectivity index (χ1n) is 6.21. The second-order valence-corrected chi connectivity index (χ2v) is 4.91. The molecule has 0 aliphatic carbocycles. The number of hydrogen-bond donors (Lipinski definition) is 1. The summed E-state index contributed by atoms with van der Waals surface area (Å²) in [6.07, 6.45) is 1.35. The predicted molar refractivity (Wildman–Crippen MR) is 73.5 cm³/mol. The van der Waals surface area contributed by atoms with E-state index in [1.165, 1.54) is 0 Å². The maximum Gasteiger partial charge on any atom is 0.0721 e. The van der Waals surface area contributed by atoms with E-state index in [2.05, 4.69) is 26.1 Å². The lowest BCUT2D eigenvalue weighted by Gasteiger charge is -2.17. The van der Waals surface area contributed by atoms with Crippen molar-refractivity contribution in [1.29, 1.82) is 0 Å². The van der Waals surface area contributed by atoms with Gasteiger partial charge < -0.3 is 10.1 Å². The van der Waals surface area contributed by atoms with Crippen molar-refractivity contribution in [3.8, 4) is 0 Å². The molecule has 0 amide bonds. The highest BCUT2D eigenvalue weighted by atomic mass is 35.5. The summed E-state index contributed by atoms with van der Waals surface area (Å²) in [5.74, 6) is 0. The molecule has 1 aromatic carbocycles. The third-order valence-electron chi connectivity index (χ3n) is 2.79. The Hall–Kier alpha value is -0.570. The molecule has 0 aliphatic heterocycles. The van der Waals surface area contributed by atoms with E-state index in [1.807, 2.05) is 24.3 Å². The molecule has 0 fully saturated rings. The van der Waals surface area contributed by atoms with Crippen molar-refractivity contribution in [2.24, 2.45) is 0 Å². The van der Waals surface area contributed by atoms with Crippen molar-refractivity contribution < 1.29 is 4.74 Å². The molecule has 0 aromatic heterocycles. The third kappa shape index (κ3) is 6.06. The molecule has 3 heteroatoms. The fourth-order valence-corrected chi connectivity index (χ4v) is 1.65. The van der Waals surface area contributed by atoms with Crippen molar-refractivity contribution >= 4 is 11.6 Å². The van der Waals surface area contributed by atoms with Crippen LogP contribution >= 0.6 is 11.6 Å². The van der Waals surface area contributed by atoms with E-state index in [1.54, 1.807) is 0 Å². The van der Waals surface area contributed by atoms with E-state index in [-0.39, 0.29) is 6.10 Å². The fourth-order valence-electron chi connectivity index (χ4n) is 1.44. The van der Waals surface area contributed by atoms with Gasteiger partial charge in [0.15, 0.2) is 0 Å². The summed E-state index contributed by atoms with van der Waals surface area (Å²) < 4.78 is 5.76. The molecule has 1 aromatic rings. The third-order valence-corrected chi connectivity index (χ3v) is 3.02. The Morgan fingerprint density at radius 1 is 1.35 bits per heavy atom. The number of ether oxygens (including phenoxy) is 1. The topological polar surface area (TPSA) is 21.3 Å². The maximum absolute atomic E-state index is 5.91. The summed E-state index contributed by atoms with van der Waals surface area (Å²) in [6, 6.07) is 8.34. The minimum absolute atomic E-state index is 0.211. The van der Waals surface area contributed by atoms with Crippen LogP contribution in [0.15, 0.2) is 24.3 Å². The van der Waals surface area contributed by atoms with E-state index in [9.17, 15) is 0 Å². The Bertz CT molecular complexity index is 330. The maximum atomic E-state index is 5.91. The largest absolute Gasteiger partial charge is 0.373 e. The standard InChI is InChI=1S/C14H22ClNO/c1-4-11(2)16-9-12(3)17-10-13-6-5-7-14(15)8-13/h5-8,11-12,16H,4,9-10H2,1-3H3. The Kier molecular flexibility index (Phi) is 6.56. The second-order valence-electron chi connectivity index (χ2n) is 4.47. The summed E-state index contributed by atoms with van der Waals surface area (Å²) in [7, 11) is 0. The normalized spacial score (nSPS) is 14.6. The molecule has 96 valence electrons. The quantitative estimate of drug-likeness (QED) is 0.803. The van der Waals surface area contributed by atoms with Crippen molar-refractivity contribution in [2.45, 2.75) is 45.9 Å². The van der Waals surface area contributed by atoms with Gasteiger partial charge in [-0.15, -0.1) is 0 Å². The van der Waals surface area contributed by atoms with Crippen molar-refractivity contribution in [3.63, 3.8) is 0 Å². The highest BCUT2D eigenvalue weighted by Crippen LogP contribution is 2.12. The zero-order valence-corrected chi connectivity index (χ0v) is 11.6. The van der Waals surface area contributed by atoms with Gasteiger partial charge in [0.1, 0.15) is 0 Å². The van der Waals surface area contributed by atoms with Crippen molar-refractivity contribution in [3.05, 3.63) is 34.9 Å². The molecule has 0 spiro atoms. The van der Waals surface area contributed by atoms with Crippen LogP contribution in [0.5, 0.6) is 0 Å². The van der Waals surface area contributed by atoms with E-state index < -0.39 is 0 Å². The van der Waals surface area contributed by atoms with Crippen LogP contribution in [0.2, 0.25) is 5.02 Å². The number of rotatable bonds is 7. The van der Waals surface area contributed by atoms with Crippen LogP contribution in [0.1, 0.15) is 32.8 Å². The van der Waals surface area contributed by atoms with E-state index in [0.29, 0.717) is 12.6 Å². The lowest BCUT2D eigenvalue weighted by molar-refractivity contribution is 0.0516. The van der Waals surface area contributed by atoms with Gasteiger partial charge in [-0.2, -0.15) is 0 Å². The number of hydrogen-bond acceptors (Lipinski definition) is 2. The van der Waals surface area contributed by atoms with Gasteiger partial charge in [-0.05, 0) is 38.0 Å². The molecule has 1 N–H and O–H groups in total. The second kappa shape index (κ2) is 7.70. The van der Waals surface area contributed by atoms with Crippen LogP contribution in [0.4, 0.5) is 0 Å². The van der Waals surface area contributed by atoms with Crippen molar-refractivity contribution in [1.82, 2.24) is 5.32 Å². The zero-order valence-electron chi connectivity index (χ0n) is 10.9. The summed E-state index contributed by atoms with van der Waals surface area (Å²) in [5.41, 5.74) is 1.12. The summed E-state index contributed by atoms with van der Waals surface area (Å²) in [6.45, 7) is 7.94. The van der Waals surface area contributed by atoms with Crippen LogP contribution in [0, 0.1) is 0 Å². The molecular formula is C14H22ClNO. The van der Waals surface area contributed by atoms with E-state index in [4.69, 9.17) is 16.3 Å². The highest BCUT2D eigenvalue weighted by molar-refractivity contribution is 6.30. The van der Waals surface area contributed by atoms with Gasteiger partial charge in [0.05, 0.1) is 12.7 Å². The molecule has 0 heterocycles. The fraction of sp³-hybridized carbons (Fsp3) is 0.571. The van der Waals surface area contributed by atoms with Gasteiger partial charge in [0.25, 0.3) is 0 Å². The van der Waals surface area contributed by atoms with Gasteiger partial charge in [-0.3, -0.25) is 0 Å². The summed E-state index contributed by atoms with van der Waals surface area (Å²) in [4.78, 5) is 0. The monoisotopic (exact) mass is 255 g/mol. The van der Waals surface area contributed by atoms with Gasteiger partial charge in [0, 0.05) is 17.6 Å². The number of nitrogens with one attached hydrogen (secondary N) is 1. The van der Waals surface area contributed by atoms with Gasteiger partial charge in [-0.25, -0.2) is 0 Å². The Morgan fingerprint density at radius 2 is 2.12 bits per heavy atom. The minimum atomic E-state index is 0.211. The molecule has 2 atom stereocenters. The summed E-state index contributed by atoms with van der Waals surface area (Å²) >= 11 is 5.91. The average Bonchev–Trinajstić information content (AvgIpc) is 2.33. The molecule has 1 rings (SSSR count). The van der Waals surface area contributed by atoms with Crippen LogP contribution < -0.4 is 5.32 Å². The van der Waals surface area contributed by atoms with Crippen LogP contribution in [-0.2, 0) is 11.3 Å². The van der Waals surface area contributed by atoms with Crippen LogP contribution in [0.25, 0.3) is 0 Å². The van der Waals surface area contributed by atoms with Crippen LogP contribution in [-0.4, -0.2) is 18.7 Å². The number of benzene rings is 1. The molecule has 0 saturated heterocycles. The molecule has 0 aliphatic rings. The number of halogens is 1. The SMILES string of the molecule is CCC(C)NCC(C)OCc1cccc(Cl)c1. The summed E-state index contributed by atoms with van der Waals surface area (Å²) in [5, 5.41) is 4.19. The molecule has 17 heavy (non-hydrogen) atoms. The highest BCUT2D eigenvalue weighted by Gasteiger charge is 2.05. The lowest BCUT2D eigenvalue weighted by Crippen LogP contribution is -2.33. The van der Waals surface area contributed by atoms with Crippen molar-refractivity contribution in [2.75, 3.05) is 6.54 Å². The molecule has 0 bridgehead atoms. The van der Waals surface area contributed by atoms with Gasteiger partial charge in [-0.1, -0.05) is 30.7 Å². The first-order valence-corrected chi connectivity index (χ1v) is 6.59. The Balaban J connectivity index is 2.26. The van der Waals surface area contributed by atoms with E-state index in [0.717, 1.165) is 23.6 Å². The smallest absolute Gasteiger partial charge is 0.0721 e. The lowest BCUT2D eigenvalue weighted by atomic mass is 10.2. The average molecular weight is 256 g/mol. The van der Waals surface area contributed by atoms with Gasteiger partial charge >= 0.3 is 0 Å². The molecule has 0 radical (unpaired) electrons. The molecular weight excluding hydrogens is 234 g/mol.